The maximum Gasteiger partial charge on any atom is 0.133 e. The molecule has 0 aromatic heterocycles. The molecule has 1 atom stereocenters. The van der Waals surface area contributed by atoms with Gasteiger partial charge in [0.2, 0.25) is 0 Å². The first-order valence-electron chi connectivity index (χ1n) is 6.73. The SMILES string of the molecule is CNC(C)c1cc(F)ccc1Oc1c(C)cccc1C. The molecule has 0 aliphatic rings. The number of hydrogen-bond acceptors (Lipinski definition) is 2. The lowest BCUT2D eigenvalue weighted by Gasteiger charge is -2.18. The minimum atomic E-state index is -0.254. The lowest BCUT2D eigenvalue weighted by Crippen LogP contribution is -2.13. The highest BCUT2D eigenvalue weighted by atomic mass is 19.1. The molecule has 106 valence electrons. The Balaban J connectivity index is 2.43. The molecular weight excluding hydrogens is 253 g/mol. The van der Waals surface area contributed by atoms with Crippen molar-refractivity contribution in [3.05, 3.63) is 58.9 Å². The first kappa shape index (κ1) is 14.5. The summed E-state index contributed by atoms with van der Waals surface area (Å²) >= 11 is 0. The van der Waals surface area contributed by atoms with Gasteiger partial charge in [-0.25, -0.2) is 4.39 Å². The van der Waals surface area contributed by atoms with E-state index in [1.54, 1.807) is 6.07 Å². The van der Waals surface area contributed by atoms with Crippen molar-refractivity contribution in [2.45, 2.75) is 26.8 Å². The zero-order chi connectivity index (χ0) is 14.7. The molecule has 0 bridgehead atoms. The third kappa shape index (κ3) is 2.99. The van der Waals surface area contributed by atoms with Gasteiger partial charge in [0, 0.05) is 11.6 Å². The van der Waals surface area contributed by atoms with Gasteiger partial charge in [-0.05, 0) is 57.1 Å². The van der Waals surface area contributed by atoms with Crippen molar-refractivity contribution in [2.24, 2.45) is 0 Å². The summed E-state index contributed by atoms with van der Waals surface area (Å²) in [6, 6.07) is 10.7. The van der Waals surface area contributed by atoms with Crippen molar-refractivity contribution in [3.63, 3.8) is 0 Å². The van der Waals surface area contributed by atoms with Crippen LogP contribution in [-0.2, 0) is 0 Å². The first-order chi connectivity index (χ1) is 9.52. The number of aryl methyl sites for hydroxylation is 2. The molecule has 0 saturated heterocycles. The van der Waals surface area contributed by atoms with Crippen LogP contribution in [-0.4, -0.2) is 7.05 Å². The Labute approximate surface area is 119 Å². The second kappa shape index (κ2) is 6.06. The van der Waals surface area contributed by atoms with Crippen molar-refractivity contribution in [1.29, 1.82) is 0 Å². The van der Waals surface area contributed by atoms with Crippen molar-refractivity contribution in [3.8, 4) is 11.5 Å². The monoisotopic (exact) mass is 273 g/mol. The van der Waals surface area contributed by atoms with E-state index >= 15 is 0 Å². The van der Waals surface area contributed by atoms with Gasteiger partial charge in [0.05, 0.1) is 0 Å². The number of ether oxygens (including phenoxy) is 1. The van der Waals surface area contributed by atoms with E-state index < -0.39 is 0 Å². The van der Waals surface area contributed by atoms with E-state index in [0.29, 0.717) is 5.75 Å². The summed E-state index contributed by atoms with van der Waals surface area (Å²) < 4.78 is 19.5. The number of halogens is 1. The molecule has 1 unspecified atom stereocenters. The Hall–Kier alpha value is -1.87. The number of benzene rings is 2. The van der Waals surface area contributed by atoms with Crippen LogP contribution in [0.2, 0.25) is 0 Å². The van der Waals surface area contributed by atoms with Crippen molar-refractivity contribution in [1.82, 2.24) is 5.32 Å². The maximum atomic E-state index is 13.5. The quantitative estimate of drug-likeness (QED) is 0.884. The average Bonchev–Trinajstić information content (AvgIpc) is 2.43. The normalized spacial score (nSPS) is 12.2. The molecule has 1 N–H and O–H groups in total. The van der Waals surface area contributed by atoms with E-state index in [1.807, 2.05) is 46.0 Å². The molecular formula is C17H20FNO. The Morgan fingerprint density at radius 2 is 1.75 bits per heavy atom. The first-order valence-corrected chi connectivity index (χ1v) is 6.73. The third-order valence-electron chi connectivity index (χ3n) is 3.49. The van der Waals surface area contributed by atoms with Gasteiger partial charge < -0.3 is 10.1 Å². The predicted molar refractivity (Wildman–Crippen MR) is 79.9 cm³/mol. The van der Waals surface area contributed by atoms with Gasteiger partial charge in [0.15, 0.2) is 0 Å². The highest BCUT2D eigenvalue weighted by molar-refractivity contribution is 5.46. The van der Waals surface area contributed by atoms with Crippen LogP contribution in [0.5, 0.6) is 11.5 Å². The number of nitrogens with one attached hydrogen (secondary N) is 1. The number of hydrogen-bond donors (Lipinski definition) is 1. The molecule has 2 nitrogen and oxygen atoms in total. The largest absolute Gasteiger partial charge is 0.456 e. The van der Waals surface area contributed by atoms with Crippen LogP contribution in [0.15, 0.2) is 36.4 Å². The fourth-order valence-electron chi connectivity index (χ4n) is 2.18. The minimum Gasteiger partial charge on any atom is -0.456 e. The average molecular weight is 273 g/mol. The van der Waals surface area contributed by atoms with E-state index in [1.165, 1.54) is 12.1 Å². The van der Waals surface area contributed by atoms with Crippen LogP contribution in [0.25, 0.3) is 0 Å². The number of rotatable bonds is 4. The van der Waals surface area contributed by atoms with Crippen LogP contribution < -0.4 is 10.1 Å². The summed E-state index contributed by atoms with van der Waals surface area (Å²) in [6.45, 7) is 5.99. The van der Waals surface area contributed by atoms with E-state index in [2.05, 4.69) is 5.32 Å². The summed E-state index contributed by atoms with van der Waals surface area (Å²) in [6.07, 6.45) is 0. The number of para-hydroxylation sites is 1. The molecule has 2 rings (SSSR count). The van der Waals surface area contributed by atoms with Crippen molar-refractivity contribution >= 4 is 0 Å². The van der Waals surface area contributed by atoms with E-state index in [4.69, 9.17) is 4.74 Å². The molecule has 0 aliphatic heterocycles. The lowest BCUT2D eigenvalue weighted by atomic mass is 10.1. The summed E-state index contributed by atoms with van der Waals surface area (Å²) in [5.41, 5.74) is 2.95. The molecule has 0 saturated carbocycles. The van der Waals surface area contributed by atoms with Gasteiger partial charge in [-0.15, -0.1) is 0 Å². The standard InChI is InChI=1S/C17H20FNO/c1-11-6-5-7-12(2)17(11)20-16-9-8-14(18)10-15(16)13(3)19-4/h5-10,13,19H,1-4H3. The van der Waals surface area contributed by atoms with Crippen LogP contribution in [0, 0.1) is 19.7 Å². The Morgan fingerprint density at radius 1 is 1.10 bits per heavy atom. The molecule has 2 aromatic rings. The Bertz CT molecular complexity index is 590. The zero-order valence-corrected chi connectivity index (χ0v) is 12.3. The van der Waals surface area contributed by atoms with Gasteiger partial charge in [0.1, 0.15) is 17.3 Å². The van der Waals surface area contributed by atoms with Crippen molar-refractivity contribution in [2.75, 3.05) is 7.05 Å². The molecule has 0 amide bonds. The molecule has 2 aromatic carbocycles. The summed E-state index contributed by atoms with van der Waals surface area (Å²) in [5, 5.41) is 3.12. The van der Waals surface area contributed by atoms with Gasteiger partial charge in [-0.3, -0.25) is 0 Å². The molecule has 0 radical (unpaired) electrons. The van der Waals surface area contributed by atoms with Gasteiger partial charge in [-0.2, -0.15) is 0 Å². The topological polar surface area (TPSA) is 21.3 Å². The van der Waals surface area contributed by atoms with Crippen LogP contribution in [0.3, 0.4) is 0 Å². The van der Waals surface area contributed by atoms with Crippen LogP contribution in [0.4, 0.5) is 4.39 Å². The highest BCUT2D eigenvalue weighted by Gasteiger charge is 2.14. The Morgan fingerprint density at radius 3 is 2.35 bits per heavy atom. The third-order valence-corrected chi connectivity index (χ3v) is 3.49. The fraction of sp³-hybridized carbons (Fsp3) is 0.294. The molecule has 3 heteroatoms. The Kier molecular flexibility index (Phi) is 4.40. The predicted octanol–water partition coefficient (Wildman–Crippen LogP) is 4.52. The zero-order valence-electron chi connectivity index (χ0n) is 12.3. The second-order valence-corrected chi connectivity index (χ2v) is 5.02. The lowest BCUT2D eigenvalue weighted by molar-refractivity contribution is 0.457. The minimum absolute atomic E-state index is 0.0185. The molecule has 0 fully saturated rings. The smallest absolute Gasteiger partial charge is 0.133 e. The van der Waals surface area contributed by atoms with Gasteiger partial charge in [-0.1, -0.05) is 18.2 Å². The summed E-state index contributed by atoms with van der Waals surface area (Å²) in [5.74, 6) is 1.27. The van der Waals surface area contributed by atoms with E-state index in [9.17, 15) is 4.39 Å². The van der Waals surface area contributed by atoms with E-state index in [0.717, 1.165) is 22.4 Å². The van der Waals surface area contributed by atoms with Gasteiger partial charge in [0.25, 0.3) is 0 Å². The molecule has 0 aliphatic carbocycles. The van der Waals surface area contributed by atoms with Gasteiger partial charge >= 0.3 is 0 Å². The maximum absolute atomic E-state index is 13.5. The van der Waals surface area contributed by atoms with Crippen LogP contribution >= 0.6 is 0 Å². The molecule has 20 heavy (non-hydrogen) atoms. The summed E-state index contributed by atoms with van der Waals surface area (Å²) in [7, 11) is 1.85. The second-order valence-electron chi connectivity index (χ2n) is 5.02. The molecule has 0 spiro atoms. The van der Waals surface area contributed by atoms with Crippen LogP contribution in [0.1, 0.15) is 29.7 Å². The summed E-state index contributed by atoms with van der Waals surface area (Å²) in [4.78, 5) is 0. The van der Waals surface area contributed by atoms with E-state index in [-0.39, 0.29) is 11.9 Å². The fourth-order valence-corrected chi connectivity index (χ4v) is 2.18. The highest BCUT2D eigenvalue weighted by Crippen LogP contribution is 2.33. The van der Waals surface area contributed by atoms with Crippen molar-refractivity contribution < 1.29 is 9.13 Å². The molecule has 0 heterocycles.